The molecule has 0 unspecified atom stereocenters. The molecule has 1 amide bonds. The Kier molecular flexibility index (Phi) is 5.54. The molecule has 25 heavy (non-hydrogen) atoms. The fourth-order valence-electron chi connectivity index (χ4n) is 2.56. The molecule has 0 radical (unpaired) electrons. The van der Waals surface area contributed by atoms with Crippen LogP contribution < -0.4 is 10.2 Å². The summed E-state index contributed by atoms with van der Waals surface area (Å²) < 4.78 is 4.88. The van der Waals surface area contributed by atoms with E-state index in [-0.39, 0.29) is 23.9 Å². The lowest BCUT2D eigenvalue weighted by atomic mass is 10.1. The van der Waals surface area contributed by atoms with E-state index in [1.807, 2.05) is 0 Å². The summed E-state index contributed by atoms with van der Waals surface area (Å²) in [6, 6.07) is 1.68. The highest BCUT2D eigenvalue weighted by atomic mass is 32.1. The van der Waals surface area contributed by atoms with Gasteiger partial charge in [-0.25, -0.2) is 19.7 Å². The summed E-state index contributed by atoms with van der Waals surface area (Å²) in [6.45, 7) is 3.88. The third-order valence-electron chi connectivity index (χ3n) is 3.77. The summed E-state index contributed by atoms with van der Waals surface area (Å²) in [4.78, 5) is 38.5. The number of aromatic nitrogens is 3. The van der Waals surface area contributed by atoms with Crippen molar-refractivity contribution in [3.63, 3.8) is 0 Å². The molecule has 1 N–H and O–H groups in total. The second-order valence-electron chi connectivity index (χ2n) is 5.52. The number of nitrogens with one attached hydrogen (secondary N) is 1. The van der Waals surface area contributed by atoms with Gasteiger partial charge >= 0.3 is 5.97 Å². The molecule has 1 aliphatic rings. The molecule has 9 heteroatoms. The van der Waals surface area contributed by atoms with Gasteiger partial charge in [-0.3, -0.25) is 10.1 Å². The van der Waals surface area contributed by atoms with E-state index in [4.69, 9.17) is 4.74 Å². The van der Waals surface area contributed by atoms with Gasteiger partial charge in [-0.1, -0.05) is 0 Å². The summed E-state index contributed by atoms with van der Waals surface area (Å²) in [5.41, 5.74) is 0.447. The number of hydrogen-bond donors (Lipinski definition) is 1. The van der Waals surface area contributed by atoms with Crippen molar-refractivity contribution in [1.82, 2.24) is 15.0 Å². The van der Waals surface area contributed by atoms with Crippen molar-refractivity contribution in [1.29, 1.82) is 0 Å². The predicted molar refractivity (Wildman–Crippen MR) is 94.1 cm³/mol. The average Bonchev–Trinajstić information content (AvgIpc) is 3.11. The van der Waals surface area contributed by atoms with E-state index in [2.05, 4.69) is 25.2 Å². The van der Waals surface area contributed by atoms with Crippen molar-refractivity contribution in [3.05, 3.63) is 29.2 Å². The highest BCUT2D eigenvalue weighted by molar-refractivity contribution is 7.14. The van der Waals surface area contributed by atoms with Crippen molar-refractivity contribution in [2.45, 2.75) is 26.2 Å². The zero-order valence-electron chi connectivity index (χ0n) is 13.9. The molecule has 2 aromatic heterocycles. The summed E-state index contributed by atoms with van der Waals surface area (Å²) in [5.74, 6) is -0.134. The number of amides is 1. The molecule has 1 aliphatic heterocycles. The Morgan fingerprint density at radius 2 is 2.04 bits per heavy atom. The molecule has 1 fully saturated rings. The van der Waals surface area contributed by atoms with Gasteiger partial charge in [0.1, 0.15) is 17.8 Å². The summed E-state index contributed by atoms with van der Waals surface area (Å²) in [5, 5.41) is 4.53. The first-order chi connectivity index (χ1) is 12.2. The number of ether oxygens (including phenoxy) is 1. The van der Waals surface area contributed by atoms with Gasteiger partial charge in [0.25, 0.3) is 5.91 Å². The Bertz CT molecular complexity index is 758. The van der Waals surface area contributed by atoms with Crippen molar-refractivity contribution in [2.24, 2.45) is 0 Å². The van der Waals surface area contributed by atoms with Crippen LogP contribution >= 0.6 is 11.3 Å². The van der Waals surface area contributed by atoms with E-state index in [0.717, 1.165) is 43.1 Å². The van der Waals surface area contributed by atoms with Crippen molar-refractivity contribution in [3.8, 4) is 0 Å². The van der Waals surface area contributed by atoms with Crippen LogP contribution in [-0.4, -0.2) is 46.5 Å². The Balaban J connectivity index is 1.68. The number of carbonyl (C=O) groups excluding carboxylic acids is 2. The number of rotatable bonds is 5. The molecule has 3 rings (SSSR count). The van der Waals surface area contributed by atoms with Crippen LogP contribution in [0, 0.1) is 0 Å². The first kappa shape index (κ1) is 17.3. The molecular weight excluding hydrogens is 342 g/mol. The van der Waals surface area contributed by atoms with Gasteiger partial charge in [0.2, 0.25) is 0 Å². The van der Waals surface area contributed by atoms with Crippen LogP contribution in [0.4, 0.5) is 10.9 Å². The molecule has 0 atom stereocenters. The molecule has 0 aromatic carbocycles. The summed E-state index contributed by atoms with van der Waals surface area (Å²) in [7, 11) is 0. The van der Waals surface area contributed by atoms with Crippen LogP contribution in [0.15, 0.2) is 17.8 Å². The standard InChI is InChI=1S/C16H19N5O3S/c1-2-24-15(23)12-9-25-16(19-12)20-14(22)11-8-13(18-10-17-11)21-6-4-3-5-7-21/h8-10H,2-7H2,1H3,(H,19,20,22). The Morgan fingerprint density at radius 1 is 1.24 bits per heavy atom. The smallest absolute Gasteiger partial charge is 0.357 e. The van der Waals surface area contributed by atoms with E-state index >= 15 is 0 Å². The minimum atomic E-state index is -0.506. The number of piperidine rings is 1. The normalized spacial score (nSPS) is 14.2. The maximum atomic E-state index is 12.4. The van der Waals surface area contributed by atoms with Crippen molar-refractivity contribution < 1.29 is 14.3 Å². The van der Waals surface area contributed by atoms with E-state index in [9.17, 15) is 9.59 Å². The van der Waals surface area contributed by atoms with Gasteiger partial charge in [-0.15, -0.1) is 11.3 Å². The molecule has 0 aliphatic carbocycles. The van der Waals surface area contributed by atoms with Gasteiger partial charge in [0, 0.05) is 24.5 Å². The third-order valence-corrected chi connectivity index (χ3v) is 4.53. The summed E-state index contributed by atoms with van der Waals surface area (Å²) >= 11 is 1.16. The van der Waals surface area contributed by atoms with Crippen molar-refractivity contribution >= 4 is 34.2 Å². The molecule has 132 valence electrons. The third kappa shape index (κ3) is 4.30. The molecule has 3 heterocycles. The topological polar surface area (TPSA) is 97.3 Å². The van der Waals surface area contributed by atoms with E-state index in [1.54, 1.807) is 18.4 Å². The Labute approximate surface area is 149 Å². The molecule has 0 saturated carbocycles. The molecule has 2 aromatic rings. The van der Waals surface area contributed by atoms with E-state index in [0.29, 0.717) is 5.13 Å². The molecular formula is C16H19N5O3S. The van der Waals surface area contributed by atoms with Crippen LogP contribution in [0.1, 0.15) is 47.2 Å². The Hall–Kier alpha value is -2.55. The lowest BCUT2D eigenvalue weighted by Gasteiger charge is -2.27. The second-order valence-corrected chi connectivity index (χ2v) is 6.38. The highest BCUT2D eigenvalue weighted by Crippen LogP contribution is 2.19. The molecule has 1 saturated heterocycles. The molecule has 0 bridgehead atoms. The maximum Gasteiger partial charge on any atom is 0.357 e. The fourth-order valence-corrected chi connectivity index (χ4v) is 3.23. The Morgan fingerprint density at radius 3 is 2.80 bits per heavy atom. The number of thiazole rings is 1. The highest BCUT2D eigenvalue weighted by Gasteiger charge is 2.17. The first-order valence-corrected chi connectivity index (χ1v) is 9.06. The fraction of sp³-hybridized carbons (Fsp3) is 0.438. The second kappa shape index (κ2) is 8.02. The monoisotopic (exact) mass is 361 g/mol. The van der Waals surface area contributed by atoms with Gasteiger partial charge in [-0.2, -0.15) is 0 Å². The lowest BCUT2D eigenvalue weighted by Crippen LogP contribution is -2.30. The van der Waals surface area contributed by atoms with E-state index in [1.165, 1.54) is 12.7 Å². The minimum absolute atomic E-state index is 0.179. The lowest BCUT2D eigenvalue weighted by molar-refractivity contribution is 0.0520. The average molecular weight is 361 g/mol. The van der Waals surface area contributed by atoms with Gasteiger partial charge in [-0.05, 0) is 26.2 Å². The number of anilines is 2. The minimum Gasteiger partial charge on any atom is -0.461 e. The molecule has 8 nitrogen and oxygen atoms in total. The van der Waals surface area contributed by atoms with Gasteiger partial charge < -0.3 is 9.64 Å². The van der Waals surface area contributed by atoms with Crippen LogP contribution in [0.5, 0.6) is 0 Å². The number of carbonyl (C=O) groups is 2. The van der Waals surface area contributed by atoms with Crippen molar-refractivity contribution in [2.75, 3.05) is 29.9 Å². The SMILES string of the molecule is CCOC(=O)c1csc(NC(=O)c2cc(N3CCCCC3)ncn2)n1. The number of esters is 1. The zero-order chi connectivity index (χ0) is 17.6. The van der Waals surface area contributed by atoms with Crippen LogP contribution in [0.25, 0.3) is 0 Å². The van der Waals surface area contributed by atoms with Crippen LogP contribution in [0.3, 0.4) is 0 Å². The molecule has 0 spiro atoms. The summed E-state index contributed by atoms with van der Waals surface area (Å²) in [6.07, 6.45) is 4.87. The van der Waals surface area contributed by atoms with Crippen LogP contribution in [0.2, 0.25) is 0 Å². The zero-order valence-corrected chi connectivity index (χ0v) is 14.7. The van der Waals surface area contributed by atoms with E-state index < -0.39 is 5.97 Å². The predicted octanol–water partition coefficient (Wildman–Crippen LogP) is 2.35. The largest absolute Gasteiger partial charge is 0.461 e. The van der Waals surface area contributed by atoms with Gasteiger partial charge in [0.15, 0.2) is 10.8 Å². The quantitative estimate of drug-likeness (QED) is 0.816. The number of nitrogens with zero attached hydrogens (tertiary/aromatic N) is 4. The van der Waals surface area contributed by atoms with Crippen LogP contribution in [-0.2, 0) is 4.74 Å². The van der Waals surface area contributed by atoms with Gasteiger partial charge in [0.05, 0.1) is 6.61 Å². The maximum absolute atomic E-state index is 12.4. The number of hydrogen-bond acceptors (Lipinski definition) is 8. The first-order valence-electron chi connectivity index (χ1n) is 8.18.